The fourth-order valence-corrected chi connectivity index (χ4v) is 4.39. The van der Waals surface area contributed by atoms with Crippen LogP contribution in [0.1, 0.15) is 46.7 Å². The smallest absolute Gasteiger partial charge is 0.253 e. The molecule has 0 unspecified atom stereocenters. The van der Waals surface area contributed by atoms with Crippen molar-refractivity contribution in [3.63, 3.8) is 0 Å². The second kappa shape index (κ2) is 8.25. The minimum atomic E-state index is -0.0149. The van der Waals surface area contributed by atoms with Crippen LogP contribution in [0.5, 0.6) is 0 Å². The number of nitrogens with one attached hydrogen (secondary N) is 1. The molecule has 1 aromatic carbocycles. The molecule has 2 aromatic rings. The van der Waals surface area contributed by atoms with Crippen LogP contribution in [0.25, 0.3) is 5.57 Å². The molecule has 0 spiro atoms. The van der Waals surface area contributed by atoms with E-state index >= 15 is 0 Å². The monoisotopic (exact) mass is 377 g/mol. The van der Waals surface area contributed by atoms with Crippen LogP contribution in [-0.4, -0.2) is 53.2 Å². The summed E-state index contributed by atoms with van der Waals surface area (Å²) in [5.74, 6) is 0.184. The van der Waals surface area contributed by atoms with E-state index in [1.807, 2.05) is 7.05 Å². The highest BCUT2D eigenvalue weighted by molar-refractivity contribution is 5.93. The Hall–Kier alpha value is -2.50. The number of aliphatic hydroxyl groups is 1. The Morgan fingerprint density at radius 3 is 2.57 bits per heavy atom. The van der Waals surface area contributed by atoms with Crippen molar-refractivity contribution in [1.82, 2.24) is 15.2 Å². The number of aliphatic hydroxyl groups excluding tert-OH is 1. The largest absolute Gasteiger partial charge is 0.395 e. The Bertz CT molecular complexity index is 848. The number of benzene rings is 1. The van der Waals surface area contributed by atoms with Crippen molar-refractivity contribution < 1.29 is 9.90 Å². The number of hydrogen-bond donors (Lipinski definition) is 2. The van der Waals surface area contributed by atoms with Gasteiger partial charge in [0.05, 0.1) is 6.61 Å². The van der Waals surface area contributed by atoms with Crippen molar-refractivity contribution in [2.45, 2.75) is 37.3 Å². The van der Waals surface area contributed by atoms with E-state index in [-0.39, 0.29) is 30.5 Å². The quantitative estimate of drug-likeness (QED) is 0.812. The third-order valence-electron chi connectivity index (χ3n) is 5.94. The van der Waals surface area contributed by atoms with Crippen LogP contribution >= 0.6 is 0 Å². The van der Waals surface area contributed by atoms with Gasteiger partial charge in [-0.25, -0.2) is 0 Å². The second-order valence-corrected chi connectivity index (χ2v) is 7.75. The number of carbonyl (C=O) groups is 1. The van der Waals surface area contributed by atoms with E-state index in [9.17, 15) is 9.90 Å². The van der Waals surface area contributed by atoms with Crippen molar-refractivity contribution >= 4 is 11.5 Å². The van der Waals surface area contributed by atoms with Crippen LogP contribution in [-0.2, 0) is 0 Å². The topological polar surface area (TPSA) is 65.5 Å². The molecule has 0 bridgehead atoms. The van der Waals surface area contributed by atoms with Gasteiger partial charge in [0.15, 0.2) is 0 Å². The summed E-state index contributed by atoms with van der Waals surface area (Å²) in [6.45, 7) is 0.686. The number of rotatable bonds is 6. The number of pyridine rings is 1. The number of nitrogens with zero attached hydrogens (tertiary/aromatic N) is 2. The predicted molar refractivity (Wildman–Crippen MR) is 110 cm³/mol. The van der Waals surface area contributed by atoms with Gasteiger partial charge in [-0.15, -0.1) is 0 Å². The van der Waals surface area contributed by atoms with Crippen molar-refractivity contribution in [2.24, 2.45) is 0 Å². The minimum absolute atomic E-state index is 0.0149. The summed E-state index contributed by atoms with van der Waals surface area (Å²) >= 11 is 0. The standard InChI is InChI=1S/C23H27N3O2/c1-26(23(28)19-10-12-24-13-11-19)14-20-22(21(15-27)25-20)18-8-6-17(7-9-18)16-4-2-3-5-16/h4,6-13,20-22,25,27H,2-3,5,14-15H2,1H3/t20-,21+,22-/m1/s1. The number of aromatic nitrogens is 1. The Balaban J connectivity index is 1.45. The zero-order chi connectivity index (χ0) is 19.5. The van der Waals surface area contributed by atoms with Gasteiger partial charge in [0.1, 0.15) is 0 Å². The molecule has 0 radical (unpaired) electrons. The zero-order valence-corrected chi connectivity index (χ0v) is 16.2. The molecule has 2 heterocycles. The van der Waals surface area contributed by atoms with Gasteiger partial charge in [0.25, 0.3) is 5.91 Å². The number of allylic oxidation sites excluding steroid dienone is 2. The van der Waals surface area contributed by atoms with Crippen LogP contribution < -0.4 is 5.32 Å². The summed E-state index contributed by atoms with van der Waals surface area (Å²) in [6.07, 6.45) is 9.18. The highest BCUT2D eigenvalue weighted by Crippen LogP contribution is 2.34. The van der Waals surface area contributed by atoms with Gasteiger partial charge in [-0.1, -0.05) is 30.3 Å². The van der Waals surface area contributed by atoms with Gasteiger partial charge < -0.3 is 15.3 Å². The highest BCUT2D eigenvalue weighted by Gasteiger charge is 2.41. The Labute approximate surface area is 166 Å². The first-order valence-electron chi connectivity index (χ1n) is 9.99. The van der Waals surface area contributed by atoms with Crippen molar-refractivity contribution in [3.05, 3.63) is 71.6 Å². The van der Waals surface area contributed by atoms with Crippen LogP contribution in [0.3, 0.4) is 0 Å². The molecule has 28 heavy (non-hydrogen) atoms. The Morgan fingerprint density at radius 2 is 1.93 bits per heavy atom. The average Bonchev–Trinajstić information content (AvgIpc) is 3.26. The number of likely N-dealkylation sites (N-methyl/N-ethyl adjacent to an activating group) is 1. The molecule has 1 aliphatic carbocycles. The lowest BCUT2D eigenvalue weighted by molar-refractivity contribution is 0.0683. The van der Waals surface area contributed by atoms with E-state index in [0.29, 0.717) is 12.1 Å². The molecule has 1 saturated heterocycles. The van der Waals surface area contributed by atoms with Gasteiger partial charge in [-0.2, -0.15) is 0 Å². The summed E-state index contributed by atoms with van der Waals surface area (Å²) < 4.78 is 0. The van der Waals surface area contributed by atoms with E-state index in [0.717, 1.165) is 6.42 Å². The summed E-state index contributed by atoms with van der Waals surface area (Å²) in [6, 6.07) is 12.4. The van der Waals surface area contributed by atoms with E-state index in [4.69, 9.17) is 0 Å². The van der Waals surface area contributed by atoms with Crippen molar-refractivity contribution in [3.8, 4) is 0 Å². The number of carbonyl (C=O) groups excluding carboxylic acids is 1. The molecule has 3 atom stereocenters. The fourth-order valence-electron chi connectivity index (χ4n) is 4.39. The van der Waals surface area contributed by atoms with E-state index in [2.05, 4.69) is 40.6 Å². The van der Waals surface area contributed by atoms with Crippen LogP contribution in [0.2, 0.25) is 0 Å². The molecular weight excluding hydrogens is 350 g/mol. The minimum Gasteiger partial charge on any atom is -0.395 e. The Kier molecular flexibility index (Phi) is 5.55. The SMILES string of the molecule is CN(C[C@H]1N[C@@H](CO)[C@@H]1c1ccc(C2=CCCC2)cc1)C(=O)c1ccncc1. The molecule has 146 valence electrons. The molecule has 1 fully saturated rings. The molecule has 2 N–H and O–H groups in total. The molecule has 5 nitrogen and oxygen atoms in total. The fraction of sp³-hybridized carbons (Fsp3) is 0.391. The van der Waals surface area contributed by atoms with Crippen LogP contribution in [0.4, 0.5) is 0 Å². The number of hydrogen-bond acceptors (Lipinski definition) is 4. The summed E-state index contributed by atoms with van der Waals surface area (Å²) in [4.78, 5) is 18.3. The third kappa shape index (κ3) is 3.73. The van der Waals surface area contributed by atoms with Gasteiger partial charge in [0, 0.05) is 49.6 Å². The normalized spacial score (nSPS) is 23.8. The lowest BCUT2D eigenvalue weighted by Crippen LogP contribution is -2.64. The number of amides is 1. The second-order valence-electron chi connectivity index (χ2n) is 7.75. The van der Waals surface area contributed by atoms with Crippen molar-refractivity contribution in [1.29, 1.82) is 0 Å². The van der Waals surface area contributed by atoms with Gasteiger partial charge in [-0.05, 0) is 48.1 Å². The first kappa shape index (κ1) is 18.8. The maximum absolute atomic E-state index is 12.6. The van der Waals surface area contributed by atoms with Crippen LogP contribution in [0, 0.1) is 0 Å². The first-order valence-corrected chi connectivity index (χ1v) is 9.99. The Morgan fingerprint density at radius 1 is 1.18 bits per heavy atom. The van der Waals surface area contributed by atoms with Gasteiger partial charge in [0.2, 0.25) is 0 Å². The van der Waals surface area contributed by atoms with Gasteiger partial charge in [-0.3, -0.25) is 9.78 Å². The molecule has 4 rings (SSSR count). The lowest BCUT2D eigenvalue weighted by atomic mass is 9.77. The highest BCUT2D eigenvalue weighted by atomic mass is 16.3. The maximum Gasteiger partial charge on any atom is 0.253 e. The molecule has 1 amide bonds. The first-order chi connectivity index (χ1) is 13.7. The lowest BCUT2D eigenvalue weighted by Gasteiger charge is -2.47. The molecule has 0 saturated carbocycles. The van der Waals surface area contributed by atoms with Crippen molar-refractivity contribution in [2.75, 3.05) is 20.2 Å². The van der Waals surface area contributed by atoms with E-state index < -0.39 is 0 Å². The summed E-state index contributed by atoms with van der Waals surface area (Å²) in [5.41, 5.74) is 4.60. The summed E-state index contributed by atoms with van der Waals surface area (Å²) in [7, 11) is 1.82. The molecule has 2 aliphatic rings. The zero-order valence-electron chi connectivity index (χ0n) is 16.2. The maximum atomic E-state index is 12.6. The van der Waals surface area contributed by atoms with E-state index in [1.54, 1.807) is 29.4 Å². The molecule has 5 heteroatoms. The summed E-state index contributed by atoms with van der Waals surface area (Å²) in [5, 5.41) is 13.1. The third-order valence-corrected chi connectivity index (χ3v) is 5.94. The average molecular weight is 377 g/mol. The van der Waals surface area contributed by atoms with Gasteiger partial charge >= 0.3 is 0 Å². The molecular formula is C23H27N3O2. The van der Waals surface area contributed by atoms with Crippen LogP contribution in [0.15, 0.2) is 54.9 Å². The molecule has 1 aliphatic heterocycles. The van der Waals surface area contributed by atoms with E-state index in [1.165, 1.54) is 29.5 Å². The predicted octanol–water partition coefficient (Wildman–Crippen LogP) is 2.84. The molecule has 1 aromatic heterocycles.